The SMILES string of the molecule is Cc1noc(C)c1CCC(=O)Nc1ccn(C2CCNC2)n1. The Morgan fingerprint density at radius 2 is 2.41 bits per heavy atom. The molecule has 0 spiro atoms. The molecular weight excluding hydrogens is 282 g/mol. The molecule has 3 rings (SSSR count). The lowest BCUT2D eigenvalue weighted by molar-refractivity contribution is -0.116. The fraction of sp³-hybridized carbons (Fsp3) is 0.533. The Morgan fingerprint density at radius 3 is 3.09 bits per heavy atom. The first kappa shape index (κ1) is 14.8. The number of hydrogen-bond donors (Lipinski definition) is 2. The number of nitrogens with one attached hydrogen (secondary N) is 2. The first-order valence-corrected chi connectivity index (χ1v) is 7.61. The van der Waals surface area contributed by atoms with Crippen LogP contribution in [0, 0.1) is 13.8 Å². The first-order chi connectivity index (χ1) is 10.6. The van der Waals surface area contributed by atoms with Gasteiger partial charge in [-0.05, 0) is 33.2 Å². The number of nitrogens with zero attached hydrogens (tertiary/aromatic N) is 3. The van der Waals surface area contributed by atoms with Crippen LogP contribution >= 0.6 is 0 Å². The summed E-state index contributed by atoms with van der Waals surface area (Å²) in [4.78, 5) is 12.0. The summed E-state index contributed by atoms with van der Waals surface area (Å²) in [7, 11) is 0. The van der Waals surface area contributed by atoms with E-state index in [4.69, 9.17) is 4.52 Å². The van der Waals surface area contributed by atoms with Gasteiger partial charge in [-0.2, -0.15) is 5.10 Å². The summed E-state index contributed by atoms with van der Waals surface area (Å²) in [6.45, 7) is 5.70. The summed E-state index contributed by atoms with van der Waals surface area (Å²) in [5.74, 6) is 1.34. The standard InChI is InChI=1S/C15H21N5O2/c1-10-13(11(2)22-19-10)3-4-15(21)17-14-6-8-20(18-14)12-5-7-16-9-12/h6,8,12,16H,3-5,7,9H2,1-2H3,(H,17,18,21). The molecule has 0 aromatic carbocycles. The smallest absolute Gasteiger partial charge is 0.225 e. The van der Waals surface area contributed by atoms with E-state index in [1.54, 1.807) is 0 Å². The third-order valence-corrected chi connectivity index (χ3v) is 4.07. The molecule has 1 unspecified atom stereocenters. The molecule has 118 valence electrons. The summed E-state index contributed by atoms with van der Waals surface area (Å²) < 4.78 is 7.02. The molecule has 0 bridgehead atoms. The Balaban J connectivity index is 1.53. The van der Waals surface area contributed by atoms with Gasteiger partial charge in [0.2, 0.25) is 5.91 Å². The average Bonchev–Trinajstić information content (AvgIpc) is 3.20. The van der Waals surface area contributed by atoms with E-state index >= 15 is 0 Å². The highest BCUT2D eigenvalue weighted by molar-refractivity contribution is 5.89. The zero-order valence-electron chi connectivity index (χ0n) is 12.9. The number of aryl methyl sites for hydroxylation is 2. The van der Waals surface area contributed by atoms with E-state index in [0.717, 1.165) is 36.5 Å². The Morgan fingerprint density at radius 1 is 1.55 bits per heavy atom. The lowest BCUT2D eigenvalue weighted by atomic mass is 10.1. The molecule has 1 saturated heterocycles. The van der Waals surface area contributed by atoms with Crippen molar-refractivity contribution in [3.63, 3.8) is 0 Å². The maximum atomic E-state index is 12.0. The number of aromatic nitrogens is 3. The molecule has 3 heterocycles. The topological polar surface area (TPSA) is 85.0 Å². The van der Waals surface area contributed by atoms with Crippen LogP contribution in [0.2, 0.25) is 0 Å². The highest BCUT2D eigenvalue weighted by atomic mass is 16.5. The second-order valence-corrected chi connectivity index (χ2v) is 5.68. The maximum Gasteiger partial charge on any atom is 0.225 e. The predicted octanol–water partition coefficient (Wildman–Crippen LogP) is 1.59. The van der Waals surface area contributed by atoms with E-state index < -0.39 is 0 Å². The number of carbonyl (C=O) groups excluding carboxylic acids is 1. The minimum Gasteiger partial charge on any atom is -0.361 e. The zero-order valence-corrected chi connectivity index (χ0v) is 12.9. The summed E-state index contributed by atoms with van der Waals surface area (Å²) in [5, 5.41) is 14.5. The van der Waals surface area contributed by atoms with Crippen molar-refractivity contribution >= 4 is 11.7 Å². The number of anilines is 1. The Bertz CT molecular complexity index is 635. The Hall–Kier alpha value is -2.15. The van der Waals surface area contributed by atoms with Crippen molar-refractivity contribution in [3.8, 4) is 0 Å². The summed E-state index contributed by atoms with van der Waals surface area (Å²) in [6, 6.07) is 2.22. The van der Waals surface area contributed by atoms with Crippen molar-refractivity contribution in [1.29, 1.82) is 0 Å². The fourth-order valence-electron chi connectivity index (χ4n) is 2.78. The predicted molar refractivity (Wildman–Crippen MR) is 81.7 cm³/mol. The van der Waals surface area contributed by atoms with Gasteiger partial charge in [-0.1, -0.05) is 5.16 Å². The van der Waals surface area contributed by atoms with Crippen LogP contribution in [-0.4, -0.2) is 33.9 Å². The largest absolute Gasteiger partial charge is 0.361 e. The van der Waals surface area contributed by atoms with Gasteiger partial charge in [0.05, 0.1) is 11.7 Å². The third-order valence-electron chi connectivity index (χ3n) is 4.07. The summed E-state index contributed by atoms with van der Waals surface area (Å²) in [5.41, 5.74) is 1.86. The molecule has 1 amide bonds. The molecule has 1 aliphatic heterocycles. The number of amides is 1. The van der Waals surface area contributed by atoms with Crippen molar-refractivity contribution in [2.24, 2.45) is 0 Å². The van der Waals surface area contributed by atoms with Gasteiger partial charge in [-0.3, -0.25) is 9.48 Å². The molecule has 2 aromatic rings. The molecule has 7 heteroatoms. The van der Waals surface area contributed by atoms with Crippen LogP contribution in [0.25, 0.3) is 0 Å². The minimum absolute atomic E-state index is 0.0465. The van der Waals surface area contributed by atoms with Crippen molar-refractivity contribution < 1.29 is 9.32 Å². The molecule has 22 heavy (non-hydrogen) atoms. The van der Waals surface area contributed by atoms with Gasteiger partial charge in [-0.25, -0.2) is 0 Å². The molecule has 1 atom stereocenters. The van der Waals surface area contributed by atoms with Crippen molar-refractivity contribution in [2.75, 3.05) is 18.4 Å². The van der Waals surface area contributed by atoms with Crippen molar-refractivity contribution in [2.45, 2.75) is 39.2 Å². The van der Waals surface area contributed by atoms with E-state index in [2.05, 4.69) is 20.9 Å². The van der Waals surface area contributed by atoms with Crippen LogP contribution in [0.5, 0.6) is 0 Å². The third kappa shape index (κ3) is 3.19. The van der Waals surface area contributed by atoms with Crippen LogP contribution < -0.4 is 10.6 Å². The van der Waals surface area contributed by atoms with Crippen LogP contribution in [0.15, 0.2) is 16.8 Å². The molecule has 0 aliphatic carbocycles. The van der Waals surface area contributed by atoms with Gasteiger partial charge >= 0.3 is 0 Å². The number of hydrogen-bond acceptors (Lipinski definition) is 5. The van der Waals surface area contributed by atoms with Crippen LogP contribution in [0.3, 0.4) is 0 Å². The molecular formula is C15H21N5O2. The Labute approximate surface area is 129 Å². The highest BCUT2D eigenvalue weighted by Gasteiger charge is 2.17. The average molecular weight is 303 g/mol. The summed E-state index contributed by atoms with van der Waals surface area (Å²) >= 11 is 0. The van der Waals surface area contributed by atoms with Gasteiger partial charge < -0.3 is 15.2 Å². The van der Waals surface area contributed by atoms with Gasteiger partial charge in [0.1, 0.15) is 5.76 Å². The number of rotatable bonds is 5. The molecule has 7 nitrogen and oxygen atoms in total. The van der Waals surface area contributed by atoms with E-state index in [0.29, 0.717) is 24.7 Å². The molecule has 1 aliphatic rings. The van der Waals surface area contributed by atoms with E-state index in [1.807, 2.05) is 30.8 Å². The fourth-order valence-corrected chi connectivity index (χ4v) is 2.78. The number of carbonyl (C=O) groups is 1. The second-order valence-electron chi connectivity index (χ2n) is 5.68. The molecule has 0 saturated carbocycles. The Kier molecular flexibility index (Phi) is 4.24. The normalized spacial score (nSPS) is 17.8. The lowest BCUT2D eigenvalue weighted by Crippen LogP contribution is -2.16. The van der Waals surface area contributed by atoms with Gasteiger partial charge in [0, 0.05) is 30.8 Å². The van der Waals surface area contributed by atoms with E-state index in [1.165, 1.54) is 0 Å². The van der Waals surface area contributed by atoms with Gasteiger partial charge in [-0.15, -0.1) is 0 Å². The minimum atomic E-state index is -0.0465. The summed E-state index contributed by atoms with van der Waals surface area (Å²) in [6.07, 6.45) is 4.00. The maximum absolute atomic E-state index is 12.0. The first-order valence-electron chi connectivity index (χ1n) is 7.61. The van der Waals surface area contributed by atoms with Crippen LogP contribution in [-0.2, 0) is 11.2 Å². The quantitative estimate of drug-likeness (QED) is 0.876. The molecule has 1 fully saturated rings. The molecule has 2 N–H and O–H groups in total. The van der Waals surface area contributed by atoms with Gasteiger partial charge in [0.15, 0.2) is 5.82 Å². The molecule has 2 aromatic heterocycles. The monoisotopic (exact) mass is 303 g/mol. The second kappa shape index (κ2) is 6.31. The van der Waals surface area contributed by atoms with Crippen LogP contribution in [0.4, 0.5) is 5.82 Å². The highest BCUT2D eigenvalue weighted by Crippen LogP contribution is 2.17. The van der Waals surface area contributed by atoms with Gasteiger partial charge in [0.25, 0.3) is 0 Å². The molecule has 0 radical (unpaired) electrons. The zero-order chi connectivity index (χ0) is 15.5. The lowest BCUT2D eigenvalue weighted by Gasteiger charge is -2.08. The van der Waals surface area contributed by atoms with Crippen molar-refractivity contribution in [3.05, 3.63) is 29.3 Å². The van der Waals surface area contributed by atoms with E-state index in [9.17, 15) is 4.79 Å². The van der Waals surface area contributed by atoms with Crippen molar-refractivity contribution in [1.82, 2.24) is 20.3 Å². The van der Waals surface area contributed by atoms with Crippen LogP contribution in [0.1, 0.15) is 35.9 Å². The van der Waals surface area contributed by atoms with E-state index in [-0.39, 0.29) is 5.91 Å².